The van der Waals surface area contributed by atoms with Gasteiger partial charge in [0.1, 0.15) is 6.61 Å². The van der Waals surface area contributed by atoms with Crippen molar-refractivity contribution in [1.29, 1.82) is 0 Å². The summed E-state index contributed by atoms with van der Waals surface area (Å²) in [5, 5.41) is 0. The molecule has 0 amide bonds. The minimum absolute atomic E-state index is 0.333. The van der Waals surface area contributed by atoms with E-state index in [1.54, 1.807) is 6.92 Å². The summed E-state index contributed by atoms with van der Waals surface area (Å²) in [5.41, 5.74) is 0.333. The Morgan fingerprint density at radius 3 is 2.50 bits per heavy atom. The highest BCUT2D eigenvalue weighted by molar-refractivity contribution is 5.86. The van der Waals surface area contributed by atoms with Gasteiger partial charge in [-0.1, -0.05) is 6.58 Å². The van der Waals surface area contributed by atoms with Gasteiger partial charge in [-0.05, 0) is 21.0 Å². The molecule has 0 fully saturated rings. The van der Waals surface area contributed by atoms with E-state index < -0.39 is 5.97 Å². The highest BCUT2D eigenvalue weighted by atomic mass is 17.2. The Labute approximate surface area is 72.7 Å². The molecule has 4 heteroatoms. The number of likely N-dealkylation sites (N-methyl/N-ethyl adjacent to an activating group) is 1. The van der Waals surface area contributed by atoms with Crippen LogP contribution < -0.4 is 0 Å². The average Bonchev–Trinajstić information content (AvgIpc) is 1.97. The monoisotopic (exact) mass is 173 g/mol. The fraction of sp³-hybridized carbons (Fsp3) is 0.625. The maximum atomic E-state index is 10.7. The van der Waals surface area contributed by atoms with Crippen LogP contribution in [-0.2, 0) is 14.6 Å². The second-order valence-corrected chi connectivity index (χ2v) is 2.78. The SMILES string of the molecule is C=C(C)C(=O)OOCCN(C)C. The van der Waals surface area contributed by atoms with E-state index in [1.165, 1.54) is 0 Å². The van der Waals surface area contributed by atoms with Crippen molar-refractivity contribution in [1.82, 2.24) is 4.90 Å². The van der Waals surface area contributed by atoms with Crippen molar-refractivity contribution in [2.24, 2.45) is 0 Å². The summed E-state index contributed by atoms with van der Waals surface area (Å²) < 4.78 is 0. The molecule has 0 saturated heterocycles. The average molecular weight is 173 g/mol. The van der Waals surface area contributed by atoms with E-state index in [9.17, 15) is 4.79 Å². The van der Waals surface area contributed by atoms with Gasteiger partial charge in [-0.15, -0.1) is 0 Å². The van der Waals surface area contributed by atoms with E-state index in [2.05, 4.69) is 16.4 Å². The third-order valence-corrected chi connectivity index (χ3v) is 1.10. The summed E-state index contributed by atoms with van der Waals surface area (Å²) in [6.07, 6.45) is 0. The lowest BCUT2D eigenvalue weighted by Crippen LogP contribution is -2.19. The van der Waals surface area contributed by atoms with Gasteiger partial charge < -0.3 is 4.90 Å². The summed E-state index contributed by atoms with van der Waals surface area (Å²) in [7, 11) is 3.81. The highest BCUT2D eigenvalue weighted by Gasteiger charge is 2.03. The molecule has 0 radical (unpaired) electrons. The molecule has 0 aliphatic carbocycles. The van der Waals surface area contributed by atoms with Gasteiger partial charge in [-0.3, -0.25) is 4.89 Å². The van der Waals surface area contributed by atoms with Crippen LogP contribution in [0.15, 0.2) is 12.2 Å². The summed E-state index contributed by atoms with van der Waals surface area (Å²) in [5.74, 6) is -0.520. The van der Waals surface area contributed by atoms with Crippen LogP contribution in [-0.4, -0.2) is 38.1 Å². The Morgan fingerprint density at radius 1 is 1.50 bits per heavy atom. The minimum atomic E-state index is -0.520. The lowest BCUT2D eigenvalue weighted by atomic mass is 10.4. The molecule has 4 nitrogen and oxygen atoms in total. The smallest absolute Gasteiger partial charge is 0.307 e. The number of rotatable bonds is 5. The van der Waals surface area contributed by atoms with Crippen molar-refractivity contribution >= 4 is 5.97 Å². The first-order chi connectivity index (χ1) is 5.54. The topological polar surface area (TPSA) is 38.8 Å². The molecule has 12 heavy (non-hydrogen) atoms. The normalized spacial score (nSPS) is 10.0. The quantitative estimate of drug-likeness (QED) is 0.264. The van der Waals surface area contributed by atoms with Crippen molar-refractivity contribution in [3.05, 3.63) is 12.2 Å². The summed E-state index contributed by atoms with van der Waals surface area (Å²) in [6.45, 7) is 6.05. The van der Waals surface area contributed by atoms with E-state index in [4.69, 9.17) is 0 Å². The zero-order chi connectivity index (χ0) is 9.56. The second kappa shape index (κ2) is 5.74. The largest absolute Gasteiger partial charge is 0.368 e. The second-order valence-electron chi connectivity index (χ2n) is 2.78. The van der Waals surface area contributed by atoms with Gasteiger partial charge in [-0.2, -0.15) is 4.89 Å². The van der Waals surface area contributed by atoms with Crippen LogP contribution in [0.4, 0.5) is 0 Å². The van der Waals surface area contributed by atoms with Crippen LogP contribution >= 0.6 is 0 Å². The molecule has 0 aliphatic heterocycles. The first kappa shape index (κ1) is 11.1. The number of hydrogen-bond acceptors (Lipinski definition) is 4. The van der Waals surface area contributed by atoms with Crippen molar-refractivity contribution in [3.63, 3.8) is 0 Å². The molecule has 0 spiro atoms. The fourth-order valence-electron chi connectivity index (χ4n) is 0.386. The third-order valence-electron chi connectivity index (χ3n) is 1.10. The van der Waals surface area contributed by atoms with Crippen LogP contribution in [0.3, 0.4) is 0 Å². The van der Waals surface area contributed by atoms with E-state index in [1.807, 2.05) is 19.0 Å². The van der Waals surface area contributed by atoms with Gasteiger partial charge in [-0.25, -0.2) is 4.79 Å². The fourth-order valence-corrected chi connectivity index (χ4v) is 0.386. The van der Waals surface area contributed by atoms with E-state index >= 15 is 0 Å². The summed E-state index contributed by atoms with van der Waals surface area (Å²) in [4.78, 5) is 21.7. The molecule has 0 aromatic rings. The zero-order valence-corrected chi connectivity index (χ0v) is 7.79. The first-order valence-corrected chi connectivity index (χ1v) is 3.68. The Hall–Kier alpha value is -0.870. The summed E-state index contributed by atoms with van der Waals surface area (Å²) >= 11 is 0. The zero-order valence-electron chi connectivity index (χ0n) is 7.79. The first-order valence-electron chi connectivity index (χ1n) is 3.68. The molecule has 0 aromatic carbocycles. The molecular weight excluding hydrogens is 158 g/mol. The molecule has 0 heterocycles. The Kier molecular flexibility index (Phi) is 5.32. The standard InChI is InChI=1S/C8H15NO3/c1-7(2)8(10)12-11-6-5-9(3)4/h1,5-6H2,2-4H3. The molecule has 0 aromatic heterocycles. The lowest BCUT2D eigenvalue weighted by molar-refractivity contribution is -0.268. The maximum absolute atomic E-state index is 10.7. The van der Waals surface area contributed by atoms with Gasteiger partial charge in [0.2, 0.25) is 0 Å². The maximum Gasteiger partial charge on any atom is 0.368 e. The van der Waals surface area contributed by atoms with Crippen LogP contribution in [0.5, 0.6) is 0 Å². The Bertz CT molecular complexity index is 166. The Balaban J connectivity index is 3.32. The molecule has 70 valence electrons. The molecule has 0 unspecified atom stereocenters. The van der Waals surface area contributed by atoms with Gasteiger partial charge in [0.15, 0.2) is 0 Å². The molecule has 0 saturated carbocycles. The van der Waals surface area contributed by atoms with Gasteiger partial charge in [0.05, 0.1) is 0 Å². The third kappa shape index (κ3) is 5.88. The number of carbonyl (C=O) groups excluding carboxylic acids is 1. The summed E-state index contributed by atoms with van der Waals surface area (Å²) in [6, 6.07) is 0. The number of carbonyl (C=O) groups is 1. The lowest BCUT2D eigenvalue weighted by Gasteiger charge is -2.08. The highest BCUT2D eigenvalue weighted by Crippen LogP contribution is 1.92. The van der Waals surface area contributed by atoms with Crippen molar-refractivity contribution in [3.8, 4) is 0 Å². The molecule has 0 atom stereocenters. The van der Waals surface area contributed by atoms with Gasteiger partial charge >= 0.3 is 5.97 Å². The van der Waals surface area contributed by atoms with Crippen LogP contribution in [0.1, 0.15) is 6.92 Å². The van der Waals surface area contributed by atoms with E-state index in [0.29, 0.717) is 18.7 Å². The van der Waals surface area contributed by atoms with Crippen molar-refractivity contribution in [2.75, 3.05) is 27.2 Å². The van der Waals surface area contributed by atoms with Crippen molar-refractivity contribution < 1.29 is 14.6 Å². The van der Waals surface area contributed by atoms with Crippen molar-refractivity contribution in [2.45, 2.75) is 6.92 Å². The van der Waals surface area contributed by atoms with Crippen LogP contribution in [0.25, 0.3) is 0 Å². The molecule has 0 aliphatic rings. The van der Waals surface area contributed by atoms with E-state index in [0.717, 1.165) is 0 Å². The molecule has 0 rings (SSSR count). The van der Waals surface area contributed by atoms with Crippen LogP contribution in [0, 0.1) is 0 Å². The Morgan fingerprint density at radius 2 is 2.08 bits per heavy atom. The van der Waals surface area contributed by atoms with Gasteiger partial charge in [0.25, 0.3) is 0 Å². The predicted octanol–water partition coefficient (Wildman–Crippen LogP) is 0.599. The predicted molar refractivity (Wildman–Crippen MR) is 45.4 cm³/mol. The van der Waals surface area contributed by atoms with Gasteiger partial charge in [0, 0.05) is 12.1 Å². The number of hydrogen-bond donors (Lipinski definition) is 0. The van der Waals surface area contributed by atoms with E-state index in [-0.39, 0.29) is 0 Å². The van der Waals surface area contributed by atoms with Crippen LogP contribution in [0.2, 0.25) is 0 Å². The minimum Gasteiger partial charge on any atom is -0.307 e. The molecule has 0 N–H and O–H groups in total. The molecule has 0 bridgehead atoms. The number of nitrogens with zero attached hydrogens (tertiary/aromatic N) is 1. The molecular formula is C8H15NO3.